The van der Waals surface area contributed by atoms with Gasteiger partial charge < -0.3 is 14.2 Å². The summed E-state index contributed by atoms with van der Waals surface area (Å²) in [7, 11) is 0. The second-order valence-electron chi connectivity index (χ2n) is 14.9. The van der Waals surface area contributed by atoms with Crippen LogP contribution < -0.4 is 0 Å². The number of allylic oxidation sites excluding steroid dienone is 1. The van der Waals surface area contributed by atoms with E-state index < -0.39 is 5.79 Å². The van der Waals surface area contributed by atoms with Gasteiger partial charge in [0.1, 0.15) is 6.10 Å². The first-order valence-electron chi connectivity index (χ1n) is 16.1. The lowest BCUT2D eigenvalue weighted by Crippen LogP contribution is -2.53. The first-order chi connectivity index (χ1) is 19.1. The Labute approximate surface area is 240 Å². The topological polar surface area (TPSA) is 44.8 Å². The third-order valence-electron chi connectivity index (χ3n) is 12.7. The second-order valence-corrected chi connectivity index (χ2v) is 14.9. The van der Waals surface area contributed by atoms with Gasteiger partial charge in [-0.25, -0.2) is 0 Å². The molecular formula is C36H48O4. The first-order valence-corrected chi connectivity index (χ1v) is 16.1. The van der Waals surface area contributed by atoms with Gasteiger partial charge in [-0.1, -0.05) is 75.8 Å². The minimum absolute atomic E-state index is 0.0647. The molecule has 4 heteroatoms. The minimum Gasteiger partial charge on any atom is -0.462 e. The largest absolute Gasteiger partial charge is 0.462 e. The highest BCUT2D eigenvalue weighted by atomic mass is 16.7. The van der Waals surface area contributed by atoms with Gasteiger partial charge in [0.2, 0.25) is 0 Å². The van der Waals surface area contributed by atoms with E-state index in [9.17, 15) is 4.79 Å². The molecule has 1 aromatic rings. The van der Waals surface area contributed by atoms with E-state index in [2.05, 4.69) is 70.2 Å². The van der Waals surface area contributed by atoms with Crippen molar-refractivity contribution >= 4 is 12.0 Å². The molecule has 216 valence electrons. The van der Waals surface area contributed by atoms with Crippen LogP contribution in [-0.2, 0) is 19.0 Å². The average molecular weight is 545 g/mol. The van der Waals surface area contributed by atoms with Crippen molar-refractivity contribution in [2.24, 2.45) is 46.3 Å². The van der Waals surface area contributed by atoms with Crippen molar-refractivity contribution < 1.29 is 19.0 Å². The molecule has 0 amide bonds. The molecule has 0 aromatic heterocycles. The molecule has 3 saturated carbocycles. The average Bonchev–Trinajstić information content (AvgIpc) is 3.37. The molecule has 1 spiro atoms. The number of benzene rings is 1. The van der Waals surface area contributed by atoms with Crippen LogP contribution in [0.2, 0.25) is 0 Å². The summed E-state index contributed by atoms with van der Waals surface area (Å²) in [5.74, 6) is 2.82. The van der Waals surface area contributed by atoms with Gasteiger partial charge in [0, 0.05) is 19.3 Å². The van der Waals surface area contributed by atoms with Crippen molar-refractivity contribution in [1.82, 2.24) is 0 Å². The molecule has 6 aliphatic rings. The van der Waals surface area contributed by atoms with Gasteiger partial charge >= 0.3 is 5.97 Å². The molecule has 4 aliphatic carbocycles. The van der Waals surface area contributed by atoms with Gasteiger partial charge in [-0.3, -0.25) is 4.79 Å². The maximum absolute atomic E-state index is 11.6. The molecule has 40 heavy (non-hydrogen) atoms. The zero-order chi connectivity index (χ0) is 27.9. The molecule has 7 rings (SSSR count). The molecule has 5 fully saturated rings. The van der Waals surface area contributed by atoms with Crippen LogP contribution in [0.4, 0.5) is 0 Å². The van der Waals surface area contributed by atoms with E-state index in [0.29, 0.717) is 23.7 Å². The number of hydrogen-bond acceptors (Lipinski definition) is 4. The molecule has 0 N–H and O–H groups in total. The summed E-state index contributed by atoms with van der Waals surface area (Å²) in [5, 5.41) is 0. The number of hydrogen-bond donors (Lipinski definition) is 0. The van der Waals surface area contributed by atoms with Crippen LogP contribution >= 0.6 is 0 Å². The van der Waals surface area contributed by atoms with Crippen molar-refractivity contribution in [3.05, 3.63) is 53.1 Å². The Morgan fingerprint density at radius 1 is 1.05 bits per heavy atom. The lowest BCUT2D eigenvalue weighted by molar-refractivity contribution is -0.240. The smallest absolute Gasteiger partial charge is 0.302 e. The number of rotatable bonds is 2. The highest BCUT2D eigenvalue weighted by molar-refractivity contribution is 5.66. The molecule has 2 aliphatic heterocycles. The predicted octanol–water partition coefficient (Wildman–Crippen LogP) is 7.98. The van der Waals surface area contributed by atoms with Crippen molar-refractivity contribution in [2.75, 3.05) is 6.61 Å². The molecule has 0 bridgehead atoms. The third kappa shape index (κ3) is 3.95. The van der Waals surface area contributed by atoms with Crippen LogP contribution in [0.3, 0.4) is 0 Å². The monoisotopic (exact) mass is 544 g/mol. The molecule has 1 aromatic carbocycles. The Kier molecular flexibility index (Phi) is 6.44. The van der Waals surface area contributed by atoms with E-state index in [1.807, 2.05) is 0 Å². The van der Waals surface area contributed by atoms with Crippen LogP contribution in [0.25, 0.3) is 6.08 Å². The van der Waals surface area contributed by atoms with Gasteiger partial charge in [-0.15, -0.1) is 0 Å². The number of fused-ring (bicyclic) bond motifs is 7. The van der Waals surface area contributed by atoms with Crippen molar-refractivity contribution in [2.45, 2.75) is 104 Å². The fourth-order valence-electron chi connectivity index (χ4n) is 11.0. The summed E-state index contributed by atoms with van der Waals surface area (Å²) in [6.45, 7) is 12.2. The third-order valence-corrected chi connectivity index (χ3v) is 12.7. The van der Waals surface area contributed by atoms with Gasteiger partial charge in [0.15, 0.2) is 5.79 Å². The van der Waals surface area contributed by atoms with E-state index in [4.69, 9.17) is 14.2 Å². The quantitative estimate of drug-likeness (QED) is 0.280. The summed E-state index contributed by atoms with van der Waals surface area (Å²) in [6, 6.07) is 10.7. The van der Waals surface area contributed by atoms with Crippen LogP contribution in [0.15, 0.2) is 47.6 Å². The van der Waals surface area contributed by atoms with E-state index in [1.54, 1.807) is 12.5 Å². The Balaban J connectivity index is 1.16. The summed E-state index contributed by atoms with van der Waals surface area (Å²) in [5.41, 5.74) is 4.69. The predicted molar refractivity (Wildman–Crippen MR) is 157 cm³/mol. The Morgan fingerprint density at radius 2 is 1.85 bits per heavy atom. The lowest BCUT2D eigenvalue weighted by Gasteiger charge is -2.58. The fourth-order valence-corrected chi connectivity index (χ4v) is 11.0. The number of carbonyl (C=O) groups is 1. The van der Waals surface area contributed by atoms with Crippen LogP contribution in [0.1, 0.15) is 91.5 Å². The molecule has 2 saturated heterocycles. The summed E-state index contributed by atoms with van der Waals surface area (Å²) in [6.07, 6.45) is 14.3. The molecule has 2 heterocycles. The maximum atomic E-state index is 11.6. The standard InChI is InChI=1S/C36H48O4/c1-22-17-27(18-25-9-7-6-8-10-25)36(38-21-22)23(2)33-32(40-36)20-31-29-12-11-26-19-28(39-24(3)37)13-15-34(26,4)30(29)14-16-35(31,33)5/h6-11,18,22-23,28-33H,12-17,19-21H2,1-5H3/b27-18+/t22-,23+,28+,29-,30+,31+,32+,33+,34+,35+,36+/m1/s1. The molecule has 0 radical (unpaired) electrons. The van der Waals surface area contributed by atoms with Gasteiger partial charge in [-0.05, 0) is 96.5 Å². The number of ether oxygens (including phenoxy) is 3. The lowest BCUT2D eigenvalue weighted by atomic mass is 9.47. The zero-order valence-electron chi connectivity index (χ0n) is 25.2. The van der Waals surface area contributed by atoms with Crippen LogP contribution in [-0.4, -0.2) is 30.6 Å². The van der Waals surface area contributed by atoms with Crippen molar-refractivity contribution in [3.8, 4) is 0 Å². The van der Waals surface area contributed by atoms with Crippen molar-refractivity contribution in [1.29, 1.82) is 0 Å². The van der Waals surface area contributed by atoms with E-state index in [-0.39, 0.29) is 29.0 Å². The fraction of sp³-hybridized carbons (Fsp3) is 0.694. The maximum Gasteiger partial charge on any atom is 0.302 e. The van der Waals surface area contributed by atoms with E-state index in [1.165, 1.54) is 36.8 Å². The van der Waals surface area contributed by atoms with Gasteiger partial charge in [-0.2, -0.15) is 0 Å². The van der Waals surface area contributed by atoms with Gasteiger partial charge in [0.05, 0.1) is 12.7 Å². The molecule has 11 atom stereocenters. The van der Waals surface area contributed by atoms with E-state index in [0.717, 1.165) is 44.1 Å². The SMILES string of the molecule is CC(=O)O[C@H]1CC[C@@]2(C)C(=CC[C@H]3[C@@H]4C[C@@H]5O[C@@]6(OC[C@H](C)C/C6=C\c6ccccc6)[C@@H](C)[C@@H]5[C@@]4(C)CC[C@@H]32)C1. The highest BCUT2D eigenvalue weighted by Gasteiger charge is 2.69. The first kappa shape index (κ1) is 27.0. The number of esters is 1. The van der Waals surface area contributed by atoms with Crippen molar-refractivity contribution in [3.63, 3.8) is 0 Å². The number of carbonyl (C=O) groups excluding carboxylic acids is 1. The Bertz CT molecular complexity index is 1220. The molecule has 4 nitrogen and oxygen atoms in total. The summed E-state index contributed by atoms with van der Waals surface area (Å²) >= 11 is 0. The molecular weight excluding hydrogens is 496 g/mol. The van der Waals surface area contributed by atoms with Crippen LogP contribution in [0.5, 0.6) is 0 Å². The summed E-state index contributed by atoms with van der Waals surface area (Å²) < 4.78 is 19.7. The molecule has 0 unspecified atom stereocenters. The zero-order valence-corrected chi connectivity index (χ0v) is 25.2. The Hall–Kier alpha value is -1.91. The minimum atomic E-state index is -0.580. The Morgan fingerprint density at radius 3 is 2.62 bits per heavy atom. The van der Waals surface area contributed by atoms with Crippen LogP contribution in [0, 0.1) is 46.3 Å². The normalized spacial score (nSPS) is 48.6. The van der Waals surface area contributed by atoms with E-state index >= 15 is 0 Å². The summed E-state index contributed by atoms with van der Waals surface area (Å²) in [4.78, 5) is 11.6. The highest BCUT2D eigenvalue weighted by Crippen LogP contribution is 2.71. The van der Waals surface area contributed by atoms with Gasteiger partial charge in [0.25, 0.3) is 0 Å². The second kappa shape index (κ2) is 9.56.